The van der Waals surface area contributed by atoms with Crippen molar-refractivity contribution >= 4 is 28.9 Å². The van der Waals surface area contributed by atoms with E-state index in [2.05, 4.69) is 26.5 Å². The molecule has 0 unspecified atom stereocenters. The molecule has 1 aliphatic heterocycles. The van der Waals surface area contributed by atoms with Crippen molar-refractivity contribution < 1.29 is 23.8 Å². The smallest absolute Gasteiger partial charge is 0.259 e. The van der Waals surface area contributed by atoms with Crippen molar-refractivity contribution in [3.05, 3.63) is 77.9 Å². The Labute approximate surface area is 236 Å². The van der Waals surface area contributed by atoms with Gasteiger partial charge in [-0.15, -0.1) is 0 Å². The Morgan fingerprint density at radius 3 is 2.12 bits per heavy atom. The summed E-state index contributed by atoms with van der Waals surface area (Å²) in [5, 5.41) is 5.94. The van der Waals surface area contributed by atoms with Crippen molar-refractivity contribution in [2.75, 3.05) is 75.3 Å². The number of benzene rings is 3. The molecule has 4 rings (SSSR count). The summed E-state index contributed by atoms with van der Waals surface area (Å²) in [6.07, 6.45) is 0.719. The predicted molar refractivity (Wildman–Crippen MR) is 158 cm³/mol. The zero-order chi connectivity index (χ0) is 28.3. The van der Waals surface area contributed by atoms with E-state index in [0.717, 1.165) is 49.7 Å². The van der Waals surface area contributed by atoms with Crippen LogP contribution in [0.1, 0.15) is 34.1 Å². The van der Waals surface area contributed by atoms with Gasteiger partial charge in [0.2, 0.25) is 0 Å². The van der Waals surface area contributed by atoms with Crippen LogP contribution in [-0.4, -0.2) is 72.0 Å². The Hall–Kier alpha value is -4.24. The maximum Gasteiger partial charge on any atom is 0.259 e. The number of hydrogen-bond donors (Lipinski definition) is 2. The van der Waals surface area contributed by atoms with Crippen LogP contribution in [0.15, 0.2) is 66.7 Å². The highest BCUT2D eigenvalue weighted by molar-refractivity contribution is 6.07. The van der Waals surface area contributed by atoms with Gasteiger partial charge in [-0.25, -0.2) is 0 Å². The van der Waals surface area contributed by atoms with E-state index in [-0.39, 0.29) is 11.8 Å². The summed E-state index contributed by atoms with van der Waals surface area (Å²) < 4.78 is 16.3. The molecular formula is C31H38N4O5. The highest BCUT2D eigenvalue weighted by Crippen LogP contribution is 2.31. The van der Waals surface area contributed by atoms with Gasteiger partial charge in [0.1, 0.15) is 11.5 Å². The molecule has 1 aliphatic rings. The SMILES string of the molecule is CCOCCCNC(=O)c1cc(NC(=O)c2ccccc2OC)ccc1N1CCN(c2ccccc2OC)CC1. The van der Waals surface area contributed by atoms with Gasteiger partial charge in [0.25, 0.3) is 11.8 Å². The fourth-order valence-corrected chi connectivity index (χ4v) is 4.80. The predicted octanol–water partition coefficient (Wildman–Crippen LogP) is 4.44. The third-order valence-corrected chi connectivity index (χ3v) is 6.85. The van der Waals surface area contributed by atoms with E-state index >= 15 is 0 Å². The molecule has 0 radical (unpaired) electrons. The van der Waals surface area contributed by atoms with Gasteiger partial charge in [0.05, 0.1) is 31.0 Å². The van der Waals surface area contributed by atoms with Crippen molar-refractivity contribution in [3.8, 4) is 11.5 Å². The van der Waals surface area contributed by atoms with Crippen molar-refractivity contribution in [2.24, 2.45) is 0 Å². The number of methoxy groups -OCH3 is 2. The lowest BCUT2D eigenvalue weighted by atomic mass is 10.1. The molecule has 3 aromatic carbocycles. The molecule has 0 aromatic heterocycles. The highest BCUT2D eigenvalue weighted by Gasteiger charge is 2.24. The largest absolute Gasteiger partial charge is 0.496 e. The second kappa shape index (κ2) is 14.2. The molecule has 2 amide bonds. The second-order valence-corrected chi connectivity index (χ2v) is 9.34. The molecule has 1 heterocycles. The molecule has 1 saturated heterocycles. The molecule has 0 atom stereocenters. The normalized spacial score (nSPS) is 13.1. The first-order chi connectivity index (χ1) is 19.5. The van der Waals surface area contributed by atoms with Gasteiger partial charge in [-0.3, -0.25) is 9.59 Å². The van der Waals surface area contributed by atoms with E-state index in [1.54, 1.807) is 31.4 Å². The molecule has 1 fully saturated rings. The summed E-state index contributed by atoms with van der Waals surface area (Å²) in [7, 11) is 3.21. The van der Waals surface area contributed by atoms with E-state index in [1.165, 1.54) is 7.11 Å². The van der Waals surface area contributed by atoms with Gasteiger partial charge in [-0.1, -0.05) is 24.3 Å². The number of anilines is 3. The highest BCUT2D eigenvalue weighted by atomic mass is 16.5. The monoisotopic (exact) mass is 546 g/mol. The van der Waals surface area contributed by atoms with Crippen LogP contribution in [0.4, 0.5) is 17.1 Å². The lowest BCUT2D eigenvalue weighted by Gasteiger charge is -2.38. The maximum atomic E-state index is 13.4. The first-order valence-corrected chi connectivity index (χ1v) is 13.6. The number of amides is 2. The molecule has 9 heteroatoms. The van der Waals surface area contributed by atoms with Crippen LogP contribution in [0.25, 0.3) is 0 Å². The summed E-state index contributed by atoms with van der Waals surface area (Å²) in [6, 6.07) is 20.5. The number of carbonyl (C=O) groups excluding carboxylic acids is 2. The van der Waals surface area contributed by atoms with E-state index < -0.39 is 0 Å². The molecule has 40 heavy (non-hydrogen) atoms. The summed E-state index contributed by atoms with van der Waals surface area (Å²) in [4.78, 5) is 30.9. The summed E-state index contributed by atoms with van der Waals surface area (Å²) in [5.41, 5.74) is 3.36. The van der Waals surface area contributed by atoms with Gasteiger partial charge in [0, 0.05) is 57.3 Å². The van der Waals surface area contributed by atoms with Crippen molar-refractivity contribution in [1.29, 1.82) is 0 Å². The number of carbonyl (C=O) groups is 2. The van der Waals surface area contributed by atoms with Crippen LogP contribution >= 0.6 is 0 Å². The van der Waals surface area contributed by atoms with Gasteiger partial charge in [-0.05, 0) is 55.8 Å². The third-order valence-electron chi connectivity index (χ3n) is 6.85. The van der Waals surface area contributed by atoms with Gasteiger partial charge >= 0.3 is 0 Å². The van der Waals surface area contributed by atoms with Gasteiger partial charge in [0.15, 0.2) is 0 Å². The van der Waals surface area contributed by atoms with Crippen LogP contribution in [0, 0.1) is 0 Å². The number of nitrogens with one attached hydrogen (secondary N) is 2. The number of rotatable bonds is 12. The Balaban J connectivity index is 1.53. The third kappa shape index (κ3) is 7.04. The molecule has 2 N–H and O–H groups in total. The Kier molecular flexibility index (Phi) is 10.2. The first kappa shape index (κ1) is 28.8. The quantitative estimate of drug-likeness (QED) is 0.325. The van der Waals surface area contributed by atoms with Crippen LogP contribution in [-0.2, 0) is 4.74 Å². The van der Waals surface area contributed by atoms with Crippen LogP contribution < -0.4 is 29.9 Å². The number of para-hydroxylation sites is 3. The minimum absolute atomic E-state index is 0.188. The standard InChI is InChI=1S/C31H38N4O5/c1-4-40-21-9-16-32-30(36)25-22-23(33-31(37)24-10-5-7-12-28(24)38-2)14-15-26(25)34-17-19-35(20-18-34)27-11-6-8-13-29(27)39-3/h5-8,10-15,22H,4,9,16-21H2,1-3H3,(H,32,36)(H,33,37). The molecule has 0 spiro atoms. The van der Waals surface area contributed by atoms with Gasteiger partial charge < -0.3 is 34.6 Å². The fourth-order valence-electron chi connectivity index (χ4n) is 4.80. The van der Waals surface area contributed by atoms with Crippen LogP contribution in [0.2, 0.25) is 0 Å². The minimum Gasteiger partial charge on any atom is -0.496 e. The van der Waals surface area contributed by atoms with Crippen LogP contribution in [0.5, 0.6) is 11.5 Å². The van der Waals surface area contributed by atoms with Crippen molar-refractivity contribution in [3.63, 3.8) is 0 Å². The Morgan fingerprint density at radius 2 is 1.43 bits per heavy atom. The van der Waals surface area contributed by atoms with Crippen LogP contribution in [0.3, 0.4) is 0 Å². The first-order valence-electron chi connectivity index (χ1n) is 13.6. The topological polar surface area (TPSA) is 92.4 Å². The fraction of sp³-hybridized carbons (Fsp3) is 0.355. The minimum atomic E-state index is -0.307. The summed E-state index contributed by atoms with van der Waals surface area (Å²) in [6.45, 7) is 6.70. The number of piperazine rings is 1. The molecule has 212 valence electrons. The van der Waals surface area contributed by atoms with Crippen molar-refractivity contribution in [1.82, 2.24) is 5.32 Å². The summed E-state index contributed by atoms with van der Waals surface area (Å²) in [5.74, 6) is 0.834. The Bertz CT molecular complexity index is 1290. The van der Waals surface area contributed by atoms with E-state index in [4.69, 9.17) is 14.2 Å². The number of ether oxygens (including phenoxy) is 3. The average molecular weight is 547 g/mol. The van der Waals surface area contributed by atoms with Gasteiger partial charge in [-0.2, -0.15) is 0 Å². The zero-order valence-corrected chi connectivity index (χ0v) is 23.4. The van der Waals surface area contributed by atoms with E-state index in [1.807, 2.05) is 43.3 Å². The number of hydrogen-bond acceptors (Lipinski definition) is 7. The molecule has 0 bridgehead atoms. The number of nitrogens with zero attached hydrogens (tertiary/aromatic N) is 2. The Morgan fingerprint density at radius 1 is 0.775 bits per heavy atom. The molecule has 9 nitrogen and oxygen atoms in total. The zero-order valence-electron chi connectivity index (χ0n) is 23.4. The summed E-state index contributed by atoms with van der Waals surface area (Å²) >= 11 is 0. The van der Waals surface area contributed by atoms with E-state index in [9.17, 15) is 9.59 Å². The second-order valence-electron chi connectivity index (χ2n) is 9.34. The van der Waals surface area contributed by atoms with Crippen molar-refractivity contribution in [2.45, 2.75) is 13.3 Å². The molecular weight excluding hydrogens is 508 g/mol. The average Bonchev–Trinajstić information content (AvgIpc) is 3.00. The molecule has 0 saturated carbocycles. The lowest BCUT2D eigenvalue weighted by molar-refractivity contribution is 0.0943. The molecule has 0 aliphatic carbocycles. The lowest BCUT2D eigenvalue weighted by Crippen LogP contribution is -2.47. The molecule has 3 aromatic rings. The van der Waals surface area contributed by atoms with E-state index in [0.29, 0.717) is 42.3 Å². The maximum absolute atomic E-state index is 13.4.